The predicted octanol–water partition coefficient (Wildman–Crippen LogP) is 2.62. The molecule has 1 aliphatic rings. The molecule has 2 nitrogen and oxygen atoms in total. The van der Waals surface area contributed by atoms with Crippen LogP contribution in [0.4, 0.5) is 0 Å². The lowest BCUT2D eigenvalue weighted by molar-refractivity contribution is 0.592. The molecular formula is C11H16N2. The average Bonchev–Trinajstić information content (AvgIpc) is 2.52. The lowest BCUT2D eigenvalue weighted by Crippen LogP contribution is -1.99. The fourth-order valence-electron chi connectivity index (χ4n) is 1.95. The number of rotatable bonds is 1. The maximum absolute atomic E-state index is 4.19. The molecule has 0 aliphatic heterocycles. The van der Waals surface area contributed by atoms with E-state index in [0.717, 1.165) is 5.92 Å². The smallest absolute Gasteiger partial charge is 0.0564 e. The van der Waals surface area contributed by atoms with Gasteiger partial charge in [0.25, 0.3) is 0 Å². The molecule has 2 heteroatoms. The Balaban J connectivity index is 2.25. The molecule has 1 aromatic heterocycles. The van der Waals surface area contributed by atoms with Gasteiger partial charge in [0.05, 0.1) is 6.20 Å². The number of nitrogens with zero attached hydrogens (tertiary/aromatic N) is 2. The third-order valence-electron chi connectivity index (χ3n) is 2.67. The quantitative estimate of drug-likeness (QED) is 0.643. The number of aryl methyl sites for hydroxylation is 1. The first-order valence-corrected chi connectivity index (χ1v) is 4.95. The molecule has 0 spiro atoms. The highest BCUT2D eigenvalue weighted by Crippen LogP contribution is 2.29. The van der Waals surface area contributed by atoms with Crippen molar-refractivity contribution in [1.29, 1.82) is 0 Å². The largest absolute Gasteiger partial charge is 0.275 e. The topological polar surface area (TPSA) is 17.8 Å². The monoisotopic (exact) mass is 176 g/mol. The van der Waals surface area contributed by atoms with Crippen molar-refractivity contribution in [1.82, 2.24) is 9.78 Å². The molecule has 0 saturated carbocycles. The Hall–Kier alpha value is -1.05. The van der Waals surface area contributed by atoms with Crippen molar-refractivity contribution in [3.8, 4) is 0 Å². The van der Waals surface area contributed by atoms with E-state index >= 15 is 0 Å². The summed E-state index contributed by atoms with van der Waals surface area (Å²) < 4.78 is 1.87. The van der Waals surface area contributed by atoms with Crippen LogP contribution in [0.5, 0.6) is 0 Å². The molecule has 1 heterocycles. The van der Waals surface area contributed by atoms with Crippen molar-refractivity contribution in [2.24, 2.45) is 13.0 Å². The van der Waals surface area contributed by atoms with Crippen LogP contribution < -0.4 is 0 Å². The molecule has 2 rings (SSSR count). The summed E-state index contributed by atoms with van der Waals surface area (Å²) in [5.41, 5.74) is 2.78. The van der Waals surface area contributed by atoms with Gasteiger partial charge in [0.1, 0.15) is 0 Å². The zero-order valence-electron chi connectivity index (χ0n) is 8.33. The highest BCUT2D eigenvalue weighted by Gasteiger charge is 2.11. The molecule has 13 heavy (non-hydrogen) atoms. The minimum absolute atomic E-state index is 0.740. The van der Waals surface area contributed by atoms with Crippen molar-refractivity contribution in [2.45, 2.75) is 26.2 Å². The van der Waals surface area contributed by atoms with Crippen molar-refractivity contribution in [3.05, 3.63) is 24.0 Å². The van der Waals surface area contributed by atoms with E-state index < -0.39 is 0 Å². The van der Waals surface area contributed by atoms with Crippen molar-refractivity contribution in [2.75, 3.05) is 0 Å². The molecule has 0 aromatic carbocycles. The molecule has 1 aliphatic carbocycles. The zero-order chi connectivity index (χ0) is 9.26. The van der Waals surface area contributed by atoms with Crippen LogP contribution in [-0.2, 0) is 7.05 Å². The van der Waals surface area contributed by atoms with Gasteiger partial charge in [0, 0.05) is 18.8 Å². The molecule has 0 fully saturated rings. The van der Waals surface area contributed by atoms with Gasteiger partial charge in [-0.15, -0.1) is 0 Å². The van der Waals surface area contributed by atoms with Crippen LogP contribution in [0.1, 0.15) is 31.7 Å². The third-order valence-corrected chi connectivity index (χ3v) is 2.67. The van der Waals surface area contributed by atoms with Crippen LogP contribution >= 0.6 is 0 Å². The van der Waals surface area contributed by atoms with Gasteiger partial charge in [-0.05, 0) is 30.8 Å². The van der Waals surface area contributed by atoms with E-state index in [1.165, 1.54) is 30.4 Å². The molecule has 0 bridgehead atoms. The number of hydrogen-bond donors (Lipinski definition) is 0. The van der Waals surface area contributed by atoms with E-state index in [-0.39, 0.29) is 0 Å². The van der Waals surface area contributed by atoms with E-state index in [4.69, 9.17) is 0 Å². The Kier molecular flexibility index (Phi) is 2.21. The van der Waals surface area contributed by atoms with Gasteiger partial charge in [-0.2, -0.15) is 5.10 Å². The summed E-state index contributed by atoms with van der Waals surface area (Å²) in [5, 5.41) is 4.19. The van der Waals surface area contributed by atoms with E-state index in [9.17, 15) is 0 Å². The summed E-state index contributed by atoms with van der Waals surface area (Å²) in [7, 11) is 1.97. The average molecular weight is 176 g/mol. The van der Waals surface area contributed by atoms with Crippen molar-refractivity contribution in [3.63, 3.8) is 0 Å². The summed E-state index contributed by atoms with van der Waals surface area (Å²) in [6, 6.07) is 0. The van der Waals surface area contributed by atoms with Gasteiger partial charge in [-0.3, -0.25) is 4.68 Å². The van der Waals surface area contributed by atoms with Crippen LogP contribution in [0.2, 0.25) is 0 Å². The Morgan fingerprint density at radius 1 is 1.54 bits per heavy atom. The standard InChI is InChI=1S/C11H16N2/c1-9-4-3-5-10(6-9)11-7-12-13(2)8-11/h6-9H,3-5H2,1-2H3. The molecule has 0 radical (unpaired) electrons. The van der Waals surface area contributed by atoms with Crippen LogP contribution in [0.15, 0.2) is 18.5 Å². The molecule has 0 saturated heterocycles. The molecule has 1 unspecified atom stereocenters. The van der Waals surface area contributed by atoms with E-state index in [0.29, 0.717) is 0 Å². The second kappa shape index (κ2) is 3.36. The summed E-state index contributed by atoms with van der Waals surface area (Å²) in [4.78, 5) is 0. The van der Waals surface area contributed by atoms with Crippen molar-refractivity contribution >= 4 is 5.57 Å². The van der Waals surface area contributed by atoms with Crippen LogP contribution in [-0.4, -0.2) is 9.78 Å². The second-order valence-electron chi connectivity index (χ2n) is 3.96. The number of aromatic nitrogens is 2. The first-order chi connectivity index (χ1) is 6.25. The molecule has 1 aromatic rings. The van der Waals surface area contributed by atoms with Gasteiger partial charge >= 0.3 is 0 Å². The maximum Gasteiger partial charge on any atom is 0.0564 e. The lowest BCUT2D eigenvalue weighted by Gasteiger charge is -2.16. The Morgan fingerprint density at radius 3 is 3.00 bits per heavy atom. The Bertz CT molecular complexity index is 323. The van der Waals surface area contributed by atoms with Gasteiger partial charge in [-0.1, -0.05) is 13.0 Å². The van der Waals surface area contributed by atoms with Gasteiger partial charge in [-0.25, -0.2) is 0 Å². The van der Waals surface area contributed by atoms with Crippen LogP contribution in [0.25, 0.3) is 5.57 Å². The lowest BCUT2D eigenvalue weighted by atomic mass is 9.89. The maximum atomic E-state index is 4.19. The molecule has 1 atom stereocenters. The summed E-state index contributed by atoms with van der Waals surface area (Å²) in [6.45, 7) is 2.29. The minimum Gasteiger partial charge on any atom is -0.275 e. The fraction of sp³-hybridized carbons (Fsp3) is 0.545. The summed E-state index contributed by atoms with van der Waals surface area (Å²) in [5.74, 6) is 0.740. The molecule has 0 N–H and O–H groups in total. The van der Waals surface area contributed by atoms with E-state index in [1.807, 2.05) is 17.9 Å². The third kappa shape index (κ3) is 1.82. The number of hydrogen-bond acceptors (Lipinski definition) is 1. The highest BCUT2D eigenvalue weighted by atomic mass is 15.2. The first-order valence-electron chi connectivity index (χ1n) is 4.95. The van der Waals surface area contributed by atoms with Crippen LogP contribution in [0, 0.1) is 5.92 Å². The second-order valence-corrected chi connectivity index (χ2v) is 3.96. The highest BCUT2D eigenvalue weighted by molar-refractivity contribution is 5.65. The summed E-state index contributed by atoms with van der Waals surface area (Å²) >= 11 is 0. The molecule has 0 amide bonds. The first kappa shape index (κ1) is 8.54. The van der Waals surface area contributed by atoms with E-state index in [2.05, 4.69) is 24.3 Å². The Labute approximate surface area is 79.3 Å². The normalized spacial score (nSPS) is 22.9. The number of allylic oxidation sites excluding steroid dienone is 2. The zero-order valence-corrected chi connectivity index (χ0v) is 8.33. The fourth-order valence-corrected chi connectivity index (χ4v) is 1.95. The van der Waals surface area contributed by atoms with Gasteiger partial charge in [0.15, 0.2) is 0 Å². The SMILES string of the molecule is CC1C=C(c2cnn(C)c2)CCC1. The molecule has 70 valence electrons. The summed E-state index contributed by atoms with van der Waals surface area (Å²) in [6.07, 6.45) is 10.3. The van der Waals surface area contributed by atoms with Gasteiger partial charge in [0.2, 0.25) is 0 Å². The predicted molar refractivity (Wildman–Crippen MR) is 54.2 cm³/mol. The van der Waals surface area contributed by atoms with Crippen LogP contribution in [0.3, 0.4) is 0 Å². The molecular weight excluding hydrogens is 160 g/mol. The van der Waals surface area contributed by atoms with Crippen molar-refractivity contribution < 1.29 is 0 Å². The van der Waals surface area contributed by atoms with Gasteiger partial charge < -0.3 is 0 Å². The Morgan fingerprint density at radius 2 is 2.38 bits per heavy atom. The minimum atomic E-state index is 0.740. The van der Waals surface area contributed by atoms with E-state index in [1.54, 1.807) is 0 Å².